The summed E-state index contributed by atoms with van der Waals surface area (Å²) in [6.45, 7) is -0.750. The molecule has 16 nitrogen and oxygen atoms in total. The Labute approximate surface area is 134 Å². The molecule has 0 aliphatic heterocycles. The number of carboxylic acid groups (broad SMARTS) is 2. The average molecular weight is 360 g/mol. The Kier molecular flexibility index (Phi) is 58.9. The van der Waals surface area contributed by atoms with Crippen molar-refractivity contribution in [2.75, 3.05) is 39.6 Å². The van der Waals surface area contributed by atoms with Crippen molar-refractivity contribution in [2.45, 2.75) is 0 Å². The van der Waals surface area contributed by atoms with E-state index in [2.05, 4.69) is 10.2 Å². The molecule has 0 aromatic carbocycles. The van der Waals surface area contributed by atoms with Gasteiger partial charge in [-0.3, -0.25) is 0 Å². The number of amides is 2. The van der Waals surface area contributed by atoms with Crippen LogP contribution >= 0.6 is 0 Å². The molecule has 0 fully saturated rings. The summed E-state index contributed by atoms with van der Waals surface area (Å²) >= 11 is 0. The van der Waals surface area contributed by atoms with Crippen molar-refractivity contribution >= 4 is 12.2 Å². The monoisotopic (exact) mass is 360 g/mol. The van der Waals surface area contributed by atoms with Crippen LogP contribution in [-0.4, -0.2) is 92.7 Å². The molecule has 8 N–H and O–H groups in total. The lowest BCUT2D eigenvalue weighted by Crippen LogP contribution is -1.85. The number of nitrogens with zero attached hydrogens (tertiary/aromatic N) is 6. The first-order chi connectivity index (χ1) is 11.3. The first-order valence-corrected chi connectivity index (χ1v) is 5.50. The average Bonchev–Trinajstić information content (AvgIpc) is 2.55. The van der Waals surface area contributed by atoms with Crippen LogP contribution in [0.2, 0.25) is 0 Å². The van der Waals surface area contributed by atoms with E-state index in [-0.39, 0.29) is 39.6 Å². The largest absolute Gasteiger partial charge is 0.476 e. The highest BCUT2D eigenvalue weighted by Crippen LogP contribution is 1.67. The van der Waals surface area contributed by atoms with Gasteiger partial charge in [-0.1, -0.05) is 0 Å². The second-order valence-electron chi connectivity index (χ2n) is 2.29. The summed E-state index contributed by atoms with van der Waals surface area (Å²) in [6.07, 6.45) is -3.00. The zero-order chi connectivity index (χ0) is 20.2. The van der Waals surface area contributed by atoms with Crippen LogP contribution in [0.25, 0.3) is 20.9 Å². The molecule has 0 unspecified atom stereocenters. The van der Waals surface area contributed by atoms with Crippen molar-refractivity contribution in [3.63, 3.8) is 0 Å². The van der Waals surface area contributed by atoms with Gasteiger partial charge in [-0.25, -0.2) is 9.59 Å². The van der Waals surface area contributed by atoms with E-state index in [1.807, 2.05) is 9.82 Å². The van der Waals surface area contributed by atoms with Crippen molar-refractivity contribution in [3.8, 4) is 0 Å². The van der Waals surface area contributed by atoms with Gasteiger partial charge in [-0.2, -0.15) is 0 Å². The minimum atomic E-state index is -1.50. The summed E-state index contributed by atoms with van der Waals surface area (Å²) in [6, 6.07) is 0. The normalized spacial score (nSPS) is 6.75. The first kappa shape index (κ1) is 33.1. The summed E-state index contributed by atoms with van der Waals surface area (Å²) in [5.74, 6) is 0. The second-order valence-corrected chi connectivity index (χ2v) is 2.29. The maximum absolute atomic E-state index is 9.18. The second kappa shape index (κ2) is 42.7. The van der Waals surface area contributed by atoms with Crippen LogP contribution in [0.4, 0.5) is 9.59 Å². The summed E-state index contributed by atoms with van der Waals surface area (Å²) in [5.41, 5.74) is 14.6. The summed E-state index contributed by atoms with van der Waals surface area (Å²) in [5, 5.41) is 65.2. The number of azide groups is 2. The van der Waals surface area contributed by atoms with Gasteiger partial charge in [-0.15, -0.1) is 0 Å². The first-order valence-electron chi connectivity index (χ1n) is 5.50. The third kappa shape index (κ3) is 162. The van der Waals surface area contributed by atoms with Crippen molar-refractivity contribution in [2.24, 2.45) is 10.2 Å². The molecule has 0 aromatic rings. The number of carbonyl (C=O) groups is 2. The number of aliphatic hydroxyl groups excluding tert-OH is 6. The van der Waals surface area contributed by atoms with E-state index in [9.17, 15) is 9.59 Å². The fraction of sp³-hybridized carbons (Fsp3) is 0.750. The highest BCUT2D eigenvalue weighted by molar-refractivity contribution is 5.65. The minimum Gasteiger partial charge on any atom is -0.476 e. The Bertz CT molecular complexity index is 312. The molecule has 0 radical (unpaired) electrons. The molecule has 2 amide bonds. The quantitative estimate of drug-likeness (QED) is 0.170. The van der Waals surface area contributed by atoms with Gasteiger partial charge in [0.05, 0.1) is 39.6 Å². The molecule has 0 heterocycles. The fourth-order valence-electron chi connectivity index (χ4n) is 0.0765. The van der Waals surface area contributed by atoms with Crippen molar-refractivity contribution in [3.05, 3.63) is 20.9 Å². The molecule has 0 spiro atoms. The molecule has 0 saturated carbocycles. The standard InChI is InChI=1S/3C2H6O2.2CHN3O2/c3*3-1-2-4;2*2-4-3-1(5)6/h3*3-4H,1-2H2;2*(H,5,6). The summed E-state index contributed by atoms with van der Waals surface area (Å²) in [7, 11) is 0. The van der Waals surface area contributed by atoms with Gasteiger partial charge in [0.15, 0.2) is 0 Å². The molecule has 142 valence electrons. The van der Waals surface area contributed by atoms with Gasteiger partial charge >= 0.3 is 12.2 Å². The lowest BCUT2D eigenvalue weighted by molar-refractivity contribution is 0.186. The molecule has 0 aliphatic carbocycles. The van der Waals surface area contributed by atoms with Gasteiger partial charge in [-0.05, 0) is 11.1 Å². The Hall–Kier alpha value is -2.68. The maximum atomic E-state index is 9.18. The molecule has 0 atom stereocenters. The van der Waals surface area contributed by atoms with E-state index in [0.717, 1.165) is 0 Å². The zero-order valence-electron chi connectivity index (χ0n) is 12.3. The zero-order valence-corrected chi connectivity index (χ0v) is 12.3. The van der Waals surface area contributed by atoms with Crippen LogP contribution in [0.15, 0.2) is 10.2 Å². The number of hydrogen-bond acceptors (Lipinski definition) is 8. The molecule has 24 heavy (non-hydrogen) atoms. The van der Waals surface area contributed by atoms with Gasteiger partial charge in [0, 0.05) is 20.1 Å². The lowest BCUT2D eigenvalue weighted by atomic mass is 10.8. The third-order valence-electron chi connectivity index (χ3n) is 0.561. The maximum Gasteiger partial charge on any atom is 0.394 e. The Morgan fingerprint density at radius 3 is 0.792 bits per heavy atom. The van der Waals surface area contributed by atoms with E-state index >= 15 is 0 Å². The Morgan fingerprint density at radius 2 is 0.792 bits per heavy atom. The van der Waals surface area contributed by atoms with Crippen LogP contribution in [0.1, 0.15) is 0 Å². The molecular formula is C8H20N6O10. The smallest absolute Gasteiger partial charge is 0.394 e. The van der Waals surface area contributed by atoms with Crippen LogP contribution in [-0.2, 0) is 0 Å². The summed E-state index contributed by atoms with van der Waals surface area (Å²) < 4.78 is 0. The van der Waals surface area contributed by atoms with Crippen LogP contribution in [0.5, 0.6) is 0 Å². The molecule has 16 heteroatoms. The van der Waals surface area contributed by atoms with E-state index < -0.39 is 12.2 Å². The predicted octanol–water partition coefficient (Wildman–Crippen LogP) is -1.14. The molecule has 0 aromatic heterocycles. The highest BCUT2D eigenvalue weighted by Gasteiger charge is 1.79. The fourth-order valence-corrected chi connectivity index (χ4v) is 0.0765. The molecule has 0 aliphatic rings. The molecule has 0 bridgehead atoms. The van der Waals surface area contributed by atoms with Crippen LogP contribution < -0.4 is 0 Å². The van der Waals surface area contributed by atoms with Crippen molar-refractivity contribution in [1.29, 1.82) is 0 Å². The number of aliphatic hydroxyl groups is 6. The van der Waals surface area contributed by atoms with Crippen LogP contribution in [0.3, 0.4) is 0 Å². The number of hydrogen-bond donors (Lipinski definition) is 8. The molecular weight excluding hydrogens is 340 g/mol. The van der Waals surface area contributed by atoms with Gasteiger partial charge in [0.1, 0.15) is 0 Å². The van der Waals surface area contributed by atoms with Crippen molar-refractivity contribution < 1.29 is 50.4 Å². The Balaban J connectivity index is -0.0000000637. The highest BCUT2D eigenvalue weighted by atomic mass is 16.4. The topological polar surface area (TPSA) is 294 Å². The summed E-state index contributed by atoms with van der Waals surface area (Å²) in [4.78, 5) is 22.3. The molecule has 0 rings (SSSR count). The van der Waals surface area contributed by atoms with Crippen LogP contribution in [0, 0.1) is 0 Å². The lowest BCUT2D eigenvalue weighted by Gasteiger charge is -1.70. The van der Waals surface area contributed by atoms with Gasteiger partial charge in [0.25, 0.3) is 0 Å². The van der Waals surface area contributed by atoms with E-state index in [4.69, 9.17) is 51.9 Å². The van der Waals surface area contributed by atoms with Crippen molar-refractivity contribution in [1.82, 2.24) is 0 Å². The van der Waals surface area contributed by atoms with E-state index in [1.54, 1.807) is 0 Å². The van der Waals surface area contributed by atoms with E-state index in [0.29, 0.717) is 0 Å². The predicted molar refractivity (Wildman–Crippen MR) is 76.9 cm³/mol. The van der Waals surface area contributed by atoms with E-state index in [1.165, 1.54) is 0 Å². The third-order valence-corrected chi connectivity index (χ3v) is 0.561. The van der Waals surface area contributed by atoms with Gasteiger partial charge in [0.2, 0.25) is 0 Å². The SMILES string of the molecule is OCCO.OCCO.OCCO.[N-]=[N+]=NC(=O)O.[N-]=[N+]=NC(=O)O. The van der Waals surface area contributed by atoms with Gasteiger partial charge < -0.3 is 40.9 Å². The minimum absolute atomic E-state index is 0.125. The number of rotatable bonds is 3. The molecule has 0 saturated heterocycles. The Morgan fingerprint density at radius 1 is 0.625 bits per heavy atom.